The summed E-state index contributed by atoms with van der Waals surface area (Å²) in [4.78, 5) is 25.9. The van der Waals surface area contributed by atoms with E-state index in [9.17, 15) is 9.59 Å². The Kier molecular flexibility index (Phi) is 8.11. The van der Waals surface area contributed by atoms with Crippen LogP contribution in [0.1, 0.15) is 33.6 Å². The number of hydrogen-bond acceptors (Lipinski definition) is 3. The highest BCUT2D eigenvalue weighted by atomic mass is 16.4. The van der Waals surface area contributed by atoms with Gasteiger partial charge in [-0.15, -0.1) is 0 Å². The molecule has 0 aromatic heterocycles. The van der Waals surface area contributed by atoms with Crippen LogP contribution < -0.4 is 0 Å². The van der Waals surface area contributed by atoms with Crippen LogP contribution in [0, 0.1) is 0 Å². The van der Waals surface area contributed by atoms with Gasteiger partial charge in [-0.1, -0.05) is 13.8 Å². The third kappa shape index (κ3) is 5.35. The van der Waals surface area contributed by atoms with Crippen molar-refractivity contribution in [3.63, 3.8) is 0 Å². The van der Waals surface area contributed by atoms with Gasteiger partial charge in [0.25, 0.3) is 0 Å². The summed E-state index contributed by atoms with van der Waals surface area (Å²) in [6.45, 7) is 5.99. The Morgan fingerprint density at radius 3 is 2.22 bits per heavy atom. The van der Waals surface area contributed by atoms with E-state index in [0.29, 0.717) is 13.0 Å². The van der Waals surface area contributed by atoms with E-state index in [-0.39, 0.29) is 31.8 Å². The number of aliphatic carboxylic acids is 1. The van der Waals surface area contributed by atoms with Crippen molar-refractivity contribution in [2.45, 2.75) is 39.7 Å². The molecule has 2 N–H and O–H groups in total. The van der Waals surface area contributed by atoms with E-state index in [2.05, 4.69) is 0 Å². The van der Waals surface area contributed by atoms with Crippen LogP contribution in [0.5, 0.6) is 0 Å². The highest BCUT2D eigenvalue weighted by molar-refractivity contribution is 5.80. The number of urea groups is 1. The molecule has 0 rings (SSSR count). The zero-order chi connectivity index (χ0) is 14.1. The predicted octanol–water partition coefficient (Wildman–Crippen LogP) is 0.996. The number of rotatable bonds is 8. The third-order valence-electron chi connectivity index (χ3n) is 2.81. The zero-order valence-electron chi connectivity index (χ0n) is 11.4. The summed E-state index contributed by atoms with van der Waals surface area (Å²) >= 11 is 0. The zero-order valence-corrected chi connectivity index (χ0v) is 11.4. The van der Waals surface area contributed by atoms with E-state index in [4.69, 9.17) is 10.2 Å². The molecular formula is C12H24N2O4. The third-order valence-corrected chi connectivity index (χ3v) is 2.81. The fourth-order valence-corrected chi connectivity index (χ4v) is 1.65. The highest BCUT2D eigenvalue weighted by Crippen LogP contribution is 2.08. The van der Waals surface area contributed by atoms with Crippen LogP contribution in [0.15, 0.2) is 0 Å². The summed E-state index contributed by atoms with van der Waals surface area (Å²) in [6, 6.07) is -0.450. The molecule has 0 aromatic rings. The van der Waals surface area contributed by atoms with Gasteiger partial charge >= 0.3 is 12.0 Å². The smallest absolute Gasteiger partial charge is 0.323 e. The number of carboxylic acids is 1. The van der Waals surface area contributed by atoms with Crippen molar-refractivity contribution in [2.24, 2.45) is 0 Å². The summed E-state index contributed by atoms with van der Waals surface area (Å²) in [5.74, 6) is -1.02. The number of amides is 2. The van der Waals surface area contributed by atoms with Gasteiger partial charge in [-0.25, -0.2) is 4.79 Å². The molecule has 2 amide bonds. The number of carbonyl (C=O) groups excluding carboxylic acids is 1. The Labute approximate surface area is 108 Å². The van der Waals surface area contributed by atoms with Gasteiger partial charge in [-0.05, 0) is 19.8 Å². The van der Waals surface area contributed by atoms with Gasteiger partial charge in [0, 0.05) is 19.1 Å². The Balaban J connectivity index is 4.83. The molecule has 0 aromatic carbocycles. The van der Waals surface area contributed by atoms with Crippen molar-refractivity contribution >= 4 is 12.0 Å². The van der Waals surface area contributed by atoms with Crippen LogP contribution in [0.25, 0.3) is 0 Å². The summed E-state index contributed by atoms with van der Waals surface area (Å²) in [7, 11) is 0. The van der Waals surface area contributed by atoms with Crippen molar-refractivity contribution in [3.8, 4) is 0 Å². The molecule has 0 saturated carbocycles. The average molecular weight is 260 g/mol. The fourth-order valence-electron chi connectivity index (χ4n) is 1.65. The van der Waals surface area contributed by atoms with E-state index in [1.54, 1.807) is 0 Å². The first kappa shape index (κ1) is 16.7. The number of aliphatic hydroxyl groups is 1. The molecule has 6 heteroatoms. The van der Waals surface area contributed by atoms with Gasteiger partial charge in [-0.2, -0.15) is 0 Å². The predicted molar refractivity (Wildman–Crippen MR) is 68.4 cm³/mol. The largest absolute Gasteiger partial charge is 0.480 e. The van der Waals surface area contributed by atoms with Crippen molar-refractivity contribution < 1.29 is 19.8 Å². The first-order valence-corrected chi connectivity index (χ1v) is 6.36. The maximum atomic E-state index is 12.2. The second kappa shape index (κ2) is 8.74. The molecule has 18 heavy (non-hydrogen) atoms. The molecule has 1 atom stereocenters. The second-order valence-corrected chi connectivity index (χ2v) is 4.27. The lowest BCUT2D eigenvalue weighted by atomic mass is 10.2. The number of carboxylic acid groups (broad SMARTS) is 1. The van der Waals surface area contributed by atoms with Crippen molar-refractivity contribution in [1.29, 1.82) is 0 Å². The number of carbonyl (C=O) groups is 2. The van der Waals surface area contributed by atoms with E-state index < -0.39 is 5.97 Å². The van der Waals surface area contributed by atoms with Crippen LogP contribution >= 0.6 is 0 Å². The topological polar surface area (TPSA) is 81.1 Å². The summed E-state index contributed by atoms with van der Waals surface area (Å²) in [5.41, 5.74) is 0. The molecule has 0 aliphatic carbocycles. The van der Waals surface area contributed by atoms with Gasteiger partial charge in [0.15, 0.2) is 0 Å². The average Bonchev–Trinajstić information content (AvgIpc) is 2.33. The quantitative estimate of drug-likeness (QED) is 0.682. The first-order chi connectivity index (χ1) is 8.47. The molecule has 0 aliphatic heterocycles. The SMILES string of the molecule is CCCN(CCO)C(=O)N(CC(=O)O)C(C)CC. The number of hydrogen-bond donors (Lipinski definition) is 2. The lowest BCUT2D eigenvalue weighted by Crippen LogP contribution is -2.50. The normalized spacial score (nSPS) is 12.0. The Morgan fingerprint density at radius 1 is 1.22 bits per heavy atom. The molecule has 0 aliphatic rings. The minimum atomic E-state index is -1.02. The van der Waals surface area contributed by atoms with Crippen LogP contribution in [-0.4, -0.2) is 64.3 Å². The minimum absolute atomic E-state index is 0.118. The Hall–Kier alpha value is -1.30. The maximum Gasteiger partial charge on any atom is 0.323 e. The Bertz CT molecular complexity index is 265. The van der Waals surface area contributed by atoms with E-state index in [0.717, 1.165) is 6.42 Å². The molecule has 0 saturated heterocycles. The molecule has 1 unspecified atom stereocenters. The molecular weight excluding hydrogens is 236 g/mol. The maximum absolute atomic E-state index is 12.2. The van der Waals surface area contributed by atoms with Crippen molar-refractivity contribution in [1.82, 2.24) is 9.80 Å². The monoisotopic (exact) mass is 260 g/mol. The standard InChI is InChI=1S/C12H24N2O4/c1-4-6-13(7-8-15)12(18)14(9-11(16)17)10(3)5-2/h10,15H,4-9H2,1-3H3,(H,16,17). The molecule has 0 bridgehead atoms. The molecule has 0 heterocycles. The van der Waals surface area contributed by atoms with Gasteiger partial charge in [0.1, 0.15) is 6.54 Å². The van der Waals surface area contributed by atoms with Gasteiger partial charge in [0.2, 0.25) is 0 Å². The molecule has 106 valence electrons. The van der Waals surface area contributed by atoms with Gasteiger partial charge < -0.3 is 20.0 Å². The lowest BCUT2D eigenvalue weighted by Gasteiger charge is -2.33. The highest BCUT2D eigenvalue weighted by Gasteiger charge is 2.25. The second-order valence-electron chi connectivity index (χ2n) is 4.27. The van der Waals surface area contributed by atoms with Crippen molar-refractivity contribution in [3.05, 3.63) is 0 Å². The van der Waals surface area contributed by atoms with Crippen LogP contribution in [0.3, 0.4) is 0 Å². The fraction of sp³-hybridized carbons (Fsp3) is 0.833. The summed E-state index contributed by atoms with van der Waals surface area (Å²) in [6.07, 6.45) is 1.46. The van der Waals surface area contributed by atoms with Crippen LogP contribution in [-0.2, 0) is 4.79 Å². The van der Waals surface area contributed by atoms with Crippen molar-refractivity contribution in [2.75, 3.05) is 26.2 Å². The lowest BCUT2D eigenvalue weighted by molar-refractivity contribution is -0.138. The molecule has 6 nitrogen and oxygen atoms in total. The van der Waals surface area contributed by atoms with Crippen LogP contribution in [0.4, 0.5) is 4.79 Å². The van der Waals surface area contributed by atoms with Crippen LogP contribution in [0.2, 0.25) is 0 Å². The minimum Gasteiger partial charge on any atom is -0.480 e. The van der Waals surface area contributed by atoms with E-state index in [1.807, 2.05) is 20.8 Å². The summed E-state index contributed by atoms with van der Waals surface area (Å²) < 4.78 is 0. The van der Waals surface area contributed by atoms with Gasteiger partial charge in [-0.3, -0.25) is 4.79 Å². The number of nitrogens with zero attached hydrogens (tertiary/aromatic N) is 2. The van der Waals surface area contributed by atoms with Gasteiger partial charge in [0.05, 0.1) is 6.61 Å². The molecule has 0 spiro atoms. The first-order valence-electron chi connectivity index (χ1n) is 6.36. The molecule has 0 radical (unpaired) electrons. The number of aliphatic hydroxyl groups excluding tert-OH is 1. The summed E-state index contributed by atoms with van der Waals surface area (Å²) in [5, 5.41) is 17.8. The van der Waals surface area contributed by atoms with E-state index >= 15 is 0 Å². The Morgan fingerprint density at radius 2 is 1.83 bits per heavy atom. The van der Waals surface area contributed by atoms with E-state index in [1.165, 1.54) is 9.80 Å². The molecule has 0 fully saturated rings.